The predicted molar refractivity (Wildman–Crippen MR) is 87.8 cm³/mol. The lowest BCUT2D eigenvalue weighted by molar-refractivity contribution is -0.156. The maximum atomic E-state index is 11.7. The van der Waals surface area contributed by atoms with Gasteiger partial charge < -0.3 is 30.1 Å². The van der Waals surface area contributed by atoms with Gasteiger partial charge in [0, 0.05) is 6.42 Å². The van der Waals surface area contributed by atoms with Gasteiger partial charge in [-0.25, -0.2) is 19.5 Å². The van der Waals surface area contributed by atoms with Crippen LogP contribution in [-0.4, -0.2) is 65.3 Å². The summed E-state index contributed by atoms with van der Waals surface area (Å²) in [5.41, 5.74) is 6.28. The molecule has 0 saturated carbocycles. The highest BCUT2D eigenvalue weighted by atomic mass is 31.2. The average Bonchev–Trinajstić information content (AvgIpc) is 3.15. The normalized spacial score (nSPS) is 25.8. The SMILES string of the molecule is CCC(=O)OC1C(COP(=O)(O)O)OC(n2cnc3c(N)ncnc32)C1O. The van der Waals surface area contributed by atoms with Crippen molar-refractivity contribution in [3.05, 3.63) is 12.7 Å². The first-order valence-corrected chi connectivity index (χ1v) is 9.40. The van der Waals surface area contributed by atoms with Crippen LogP contribution in [0.2, 0.25) is 0 Å². The molecular formula is C13H18N5O8P. The minimum absolute atomic E-state index is 0.0394. The number of aromatic nitrogens is 4. The van der Waals surface area contributed by atoms with Crippen molar-refractivity contribution in [2.24, 2.45) is 0 Å². The number of carbonyl (C=O) groups excluding carboxylic acids is 1. The summed E-state index contributed by atoms with van der Waals surface area (Å²) < 4.78 is 27.6. The Balaban J connectivity index is 1.90. The number of nitrogens with zero attached hydrogens (tertiary/aromatic N) is 4. The Bertz CT molecular complexity index is 885. The topological polar surface area (TPSA) is 192 Å². The molecule has 5 N–H and O–H groups in total. The Morgan fingerprint density at radius 3 is 2.81 bits per heavy atom. The quantitative estimate of drug-likeness (QED) is 0.343. The van der Waals surface area contributed by atoms with E-state index in [-0.39, 0.29) is 23.4 Å². The molecule has 2 aromatic rings. The number of nitrogen functional groups attached to an aromatic ring is 1. The number of hydrogen-bond donors (Lipinski definition) is 4. The van der Waals surface area contributed by atoms with Crippen LogP contribution in [0.4, 0.5) is 5.82 Å². The zero-order chi connectivity index (χ0) is 19.8. The lowest BCUT2D eigenvalue weighted by Crippen LogP contribution is -2.38. The minimum Gasteiger partial charge on any atom is -0.457 e. The van der Waals surface area contributed by atoms with Crippen molar-refractivity contribution in [3.8, 4) is 0 Å². The molecule has 0 spiro atoms. The van der Waals surface area contributed by atoms with Crippen LogP contribution in [0.15, 0.2) is 12.7 Å². The Morgan fingerprint density at radius 2 is 2.15 bits per heavy atom. The Hall–Kier alpha value is -2.15. The van der Waals surface area contributed by atoms with Gasteiger partial charge in [0.2, 0.25) is 0 Å². The molecule has 2 aromatic heterocycles. The number of aliphatic hydroxyl groups is 1. The van der Waals surface area contributed by atoms with Gasteiger partial charge in [0.25, 0.3) is 0 Å². The molecule has 3 rings (SSSR count). The maximum Gasteiger partial charge on any atom is 0.469 e. The van der Waals surface area contributed by atoms with Crippen molar-refractivity contribution < 1.29 is 38.3 Å². The second kappa shape index (κ2) is 7.46. The van der Waals surface area contributed by atoms with Crippen molar-refractivity contribution in [3.63, 3.8) is 0 Å². The van der Waals surface area contributed by atoms with Crippen LogP contribution in [0.3, 0.4) is 0 Å². The lowest BCUT2D eigenvalue weighted by atomic mass is 10.1. The smallest absolute Gasteiger partial charge is 0.457 e. The van der Waals surface area contributed by atoms with Crippen molar-refractivity contribution in [1.82, 2.24) is 19.5 Å². The van der Waals surface area contributed by atoms with E-state index >= 15 is 0 Å². The molecule has 1 fully saturated rings. The van der Waals surface area contributed by atoms with Crippen LogP contribution in [0.5, 0.6) is 0 Å². The molecule has 13 nitrogen and oxygen atoms in total. The van der Waals surface area contributed by atoms with Gasteiger partial charge in [0.1, 0.15) is 24.1 Å². The molecule has 0 aliphatic carbocycles. The van der Waals surface area contributed by atoms with E-state index in [1.165, 1.54) is 17.2 Å². The molecule has 27 heavy (non-hydrogen) atoms. The van der Waals surface area contributed by atoms with Crippen LogP contribution < -0.4 is 5.73 Å². The van der Waals surface area contributed by atoms with Gasteiger partial charge in [0.05, 0.1) is 12.9 Å². The van der Waals surface area contributed by atoms with Crippen molar-refractivity contribution >= 4 is 30.8 Å². The number of rotatable bonds is 6. The first kappa shape index (κ1) is 19.6. The highest BCUT2D eigenvalue weighted by molar-refractivity contribution is 7.46. The fourth-order valence-electron chi connectivity index (χ4n) is 2.69. The molecule has 0 radical (unpaired) electrons. The molecule has 1 saturated heterocycles. The van der Waals surface area contributed by atoms with Crippen molar-refractivity contribution in [2.75, 3.05) is 12.3 Å². The summed E-state index contributed by atoms with van der Waals surface area (Å²) in [6.07, 6.45) is -2.27. The van der Waals surface area contributed by atoms with Crippen molar-refractivity contribution in [1.29, 1.82) is 0 Å². The molecule has 0 bridgehead atoms. The number of esters is 1. The number of carbonyl (C=O) groups is 1. The maximum absolute atomic E-state index is 11.7. The Kier molecular flexibility index (Phi) is 5.42. The number of anilines is 1. The van der Waals surface area contributed by atoms with Gasteiger partial charge in [-0.15, -0.1) is 0 Å². The molecule has 0 amide bonds. The number of ether oxygens (including phenoxy) is 2. The molecule has 1 aliphatic heterocycles. The Morgan fingerprint density at radius 1 is 1.41 bits per heavy atom. The third-order valence-corrected chi connectivity index (χ3v) is 4.42. The summed E-state index contributed by atoms with van der Waals surface area (Å²) in [7, 11) is -4.79. The van der Waals surface area contributed by atoms with Crippen LogP contribution in [-0.2, 0) is 23.4 Å². The zero-order valence-electron chi connectivity index (χ0n) is 14.1. The number of aliphatic hydroxyl groups excluding tert-OH is 1. The van der Waals surface area contributed by atoms with E-state index in [9.17, 15) is 14.5 Å². The molecule has 4 atom stereocenters. The summed E-state index contributed by atoms with van der Waals surface area (Å²) in [4.78, 5) is 41.4. The highest BCUT2D eigenvalue weighted by Crippen LogP contribution is 2.39. The lowest BCUT2D eigenvalue weighted by Gasteiger charge is -2.20. The second-order valence-electron chi connectivity index (χ2n) is 5.73. The van der Waals surface area contributed by atoms with Gasteiger partial charge in [-0.2, -0.15) is 0 Å². The third kappa shape index (κ3) is 4.08. The summed E-state index contributed by atoms with van der Waals surface area (Å²) in [5, 5.41) is 10.6. The average molecular weight is 403 g/mol. The van der Waals surface area contributed by atoms with E-state index in [2.05, 4.69) is 19.5 Å². The number of hydrogen-bond acceptors (Lipinski definition) is 10. The fourth-order valence-corrected chi connectivity index (χ4v) is 3.03. The van der Waals surface area contributed by atoms with E-state index in [1.54, 1.807) is 6.92 Å². The van der Waals surface area contributed by atoms with E-state index in [4.69, 9.17) is 25.0 Å². The number of phosphoric ester groups is 1. The number of imidazole rings is 1. The summed E-state index contributed by atoms with van der Waals surface area (Å²) >= 11 is 0. The van der Waals surface area contributed by atoms with Gasteiger partial charge in [-0.3, -0.25) is 13.9 Å². The van der Waals surface area contributed by atoms with Crippen LogP contribution >= 0.6 is 7.82 Å². The van der Waals surface area contributed by atoms with Crippen LogP contribution in [0.1, 0.15) is 19.6 Å². The van der Waals surface area contributed by atoms with Gasteiger partial charge in [0.15, 0.2) is 23.8 Å². The molecule has 4 unspecified atom stereocenters. The standard InChI is InChI=1S/C13H18N5O8P/c1-2-7(19)26-10-6(3-24-27(21,22)23)25-13(9(10)20)18-5-17-8-11(14)15-4-16-12(8)18/h4-6,9-10,13,20H,2-3H2,1H3,(H2,14,15,16)(H2,21,22,23). The van der Waals surface area contributed by atoms with Crippen molar-refractivity contribution in [2.45, 2.75) is 37.9 Å². The molecule has 14 heteroatoms. The molecule has 3 heterocycles. The predicted octanol–water partition coefficient (Wildman–Crippen LogP) is -0.902. The minimum atomic E-state index is -4.79. The Labute approximate surface area is 152 Å². The summed E-state index contributed by atoms with van der Waals surface area (Å²) in [6, 6.07) is 0. The first-order valence-electron chi connectivity index (χ1n) is 7.87. The van der Waals surface area contributed by atoms with E-state index in [1.807, 2.05) is 0 Å². The van der Waals surface area contributed by atoms with Gasteiger partial charge in [-0.05, 0) is 0 Å². The second-order valence-corrected chi connectivity index (χ2v) is 6.97. The highest BCUT2D eigenvalue weighted by Gasteiger charge is 2.48. The summed E-state index contributed by atoms with van der Waals surface area (Å²) in [5.74, 6) is -0.492. The zero-order valence-corrected chi connectivity index (χ0v) is 15.0. The third-order valence-electron chi connectivity index (χ3n) is 3.93. The van der Waals surface area contributed by atoms with Gasteiger partial charge in [-0.1, -0.05) is 6.92 Å². The van der Waals surface area contributed by atoms with E-state index in [0.29, 0.717) is 0 Å². The number of nitrogens with two attached hydrogens (primary N) is 1. The van der Waals surface area contributed by atoms with Gasteiger partial charge >= 0.3 is 13.8 Å². The van der Waals surface area contributed by atoms with Crippen LogP contribution in [0.25, 0.3) is 11.2 Å². The molecule has 0 aromatic carbocycles. The van der Waals surface area contributed by atoms with E-state index < -0.39 is 44.9 Å². The van der Waals surface area contributed by atoms with Crippen LogP contribution in [0, 0.1) is 0 Å². The fraction of sp³-hybridized carbons (Fsp3) is 0.538. The summed E-state index contributed by atoms with van der Waals surface area (Å²) in [6.45, 7) is 0.954. The molecule has 1 aliphatic rings. The van der Waals surface area contributed by atoms with E-state index in [0.717, 1.165) is 0 Å². The number of fused-ring (bicyclic) bond motifs is 1. The monoisotopic (exact) mass is 403 g/mol. The largest absolute Gasteiger partial charge is 0.469 e. The molecule has 148 valence electrons. The molecular weight excluding hydrogens is 385 g/mol. The number of phosphoric acid groups is 1. The first-order chi connectivity index (χ1) is 12.7.